The highest BCUT2D eigenvalue weighted by Crippen LogP contribution is 2.30. The van der Waals surface area contributed by atoms with Gasteiger partial charge in [-0.15, -0.1) is 0 Å². The van der Waals surface area contributed by atoms with Gasteiger partial charge in [0.25, 0.3) is 0 Å². The average Bonchev–Trinajstić information content (AvgIpc) is 3.06. The van der Waals surface area contributed by atoms with Crippen LogP contribution in [0.1, 0.15) is 12.0 Å². The molecular weight excluding hydrogens is 284 g/mol. The second-order valence-electron chi connectivity index (χ2n) is 5.42. The molecule has 22 heavy (non-hydrogen) atoms. The normalized spacial score (nSPS) is 19.7. The highest BCUT2D eigenvalue weighted by Gasteiger charge is 2.14. The van der Waals surface area contributed by atoms with Crippen molar-refractivity contribution in [3.05, 3.63) is 23.8 Å². The van der Waals surface area contributed by atoms with E-state index in [0.29, 0.717) is 32.3 Å². The zero-order valence-electron chi connectivity index (χ0n) is 12.5. The predicted molar refractivity (Wildman–Crippen MR) is 82.1 cm³/mol. The maximum Gasteiger partial charge on any atom is 0.314 e. The summed E-state index contributed by atoms with van der Waals surface area (Å²) in [6, 6.07) is 6.07. The smallest absolute Gasteiger partial charge is 0.314 e. The average molecular weight is 306 g/mol. The minimum absolute atomic E-state index is 0.133. The molecule has 2 aliphatic heterocycles. The zero-order valence-corrected chi connectivity index (χ0v) is 12.5. The van der Waals surface area contributed by atoms with E-state index in [2.05, 4.69) is 21.5 Å². The first-order chi connectivity index (χ1) is 10.8. The van der Waals surface area contributed by atoms with Crippen LogP contribution in [0.4, 0.5) is 4.79 Å². The molecule has 7 heteroatoms. The van der Waals surface area contributed by atoms with Crippen LogP contribution in [0.15, 0.2) is 18.2 Å². The first-order valence-corrected chi connectivity index (χ1v) is 7.70. The minimum atomic E-state index is -0.133. The number of carbonyl (C=O) groups excluding carboxylic acids is 1. The van der Waals surface area contributed by atoms with Gasteiger partial charge in [-0.3, -0.25) is 10.9 Å². The van der Waals surface area contributed by atoms with Crippen LogP contribution in [0.3, 0.4) is 0 Å². The molecule has 4 N–H and O–H groups in total. The fourth-order valence-corrected chi connectivity index (χ4v) is 2.53. The summed E-state index contributed by atoms with van der Waals surface area (Å²) in [5, 5.41) is 5.73. The molecule has 2 amide bonds. The van der Waals surface area contributed by atoms with Crippen LogP contribution in [0, 0.1) is 0 Å². The second kappa shape index (κ2) is 7.33. The van der Waals surface area contributed by atoms with Crippen molar-refractivity contribution in [2.45, 2.75) is 18.9 Å². The molecule has 0 spiro atoms. The Kier molecular flexibility index (Phi) is 4.97. The van der Waals surface area contributed by atoms with E-state index in [1.165, 1.54) is 0 Å². The van der Waals surface area contributed by atoms with Crippen LogP contribution < -0.4 is 31.0 Å². The standard InChI is InChI=1S/C15H22N4O3/c20-15(17-10-12-4-6-18-19-12)16-5-3-11-1-2-13-14(9-11)22-8-7-21-13/h1-2,9,12,18-19H,3-8,10H2,(H2,16,17,20). The van der Waals surface area contributed by atoms with Gasteiger partial charge in [0.2, 0.25) is 0 Å². The van der Waals surface area contributed by atoms with E-state index in [0.717, 1.165) is 36.4 Å². The number of hydrogen-bond acceptors (Lipinski definition) is 5. The van der Waals surface area contributed by atoms with Crippen molar-refractivity contribution in [1.29, 1.82) is 0 Å². The molecule has 0 radical (unpaired) electrons. The molecule has 7 nitrogen and oxygen atoms in total. The van der Waals surface area contributed by atoms with Gasteiger partial charge in [-0.05, 0) is 30.5 Å². The van der Waals surface area contributed by atoms with E-state index in [4.69, 9.17) is 9.47 Å². The number of nitrogens with one attached hydrogen (secondary N) is 4. The van der Waals surface area contributed by atoms with Crippen LogP contribution in [0.5, 0.6) is 11.5 Å². The fraction of sp³-hybridized carbons (Fsp3) is 0.533. The van der Waals surface area contributed by atoms with Gasteiger partial charge in [0.1, 0.15) is 13.2 Å². The van der Waals surface area contributed by atoms with Crippen molar-refractivity contribution in [2.75, 3.05) is 32.8 Å². The van der Waals surface area contributed by atoms with Gasteiger partial charge in [0.15, 0.2) is 11.5 Å². The van der Waals surface area contributed by atoms with E-state index in [1.54, 1.807) is 0 Å². The molecule has 1 aromatic rings. The maximum absolute atomic E-state index is 11.7. The monoisotopic (exact) mass is 306 g/mol. The van der Waals surface area contributed by atoms with Crippen LogP contribution in [-0.2, 0) is 6.42 Å². The van der Waals surface area contributed by atoms with Gasteiger partial charge in [-0.2, -0.15) is 0 Å². The molecule has 3 rings (SSSR count). The lowest BCUT2D eigenvalue weighted by Gasteiger charge is -2.19. The van der Waals surface area contributed by atoms with E-state index in [-0.39, 0.29) is 6.03 Å². The van der Waals surface area contributed by atoms with E-state index >= 15 is 0 Å². The molecule has 2 aliphatic rings. The van der Waals surface area contributed by atoms with Gasteiger partial charge in [0.05, 0.1) is 0 Å². The van der Waals surface area contributed by atoms with Crippen molar-refractivity contribution in [2.24, 2.45) is 0 Å². The number of amides is 2. The lowest BCUT2D eigenvalue weighted by molar-refractivity contribution is 0.171. The highest BCUT2D eigenvalue weighted by atomic mass is 16.6. The number of rotatable bonds is 5. The summed E-state index contributed by atoms with van der Waals surface area (Å²) in [5.74, 6) is 1.58. The molecule has 1 atom stereocenters. The summed E-state index contributed by atoms with van der Waals surface area (Å²) in [5.41, 5.74) is 7.26. The molecule has 1 unspecified atom stereocenters. The number of ether oxygens (including phenoxy) is 2. The Labute approximate surface area is 129 Å². The first-order valence-electron chi connectivity index (χ1n) is 7.70. The highest BCUT2D eigenvalue weighted by molar-refractivity contribution is 5.73. The molecule has 0 bridgehead atoms. The molecule has 0 saturated carbocycles. The van der Waals surface area contributed by atoms with Gasteiger partial charge in [-0.25, -0.2) is 4.79 Å². The van der Waals surface area contributed by atoms with Crippen molar-refractivity contribution in [3.8, 4) is 11.5 Å². The number of hydrazine groups is 1. The molecule has 120 valence electrons. The second-order valence-corrected chi connectivity index (χ2v) is 5.42. The lowest BCUT2D eigenvalue weighted by Crippen LogP contribution is -2.44. The summed E-state index contributed by atoms with van der Waals surface area (Å²) in [6.45, 7) is 3.34. The van der Waals surface area contributed by atoms with Crippen molar-refractivity contribution in [1.82, 2.24) is 21.5 Å². The Hall–Kier alpha value is -1.99. The summed E-state index contributed by atoms with van der Waals surface area (Å²) >= 11 is 0. The molecule has 2 heterocycles. The zero-order chi connectivity index (χ0) is 15.2. The topological polar surface area (TPSA) is 83.7 Å². The van der Waals surface area contributed by atoms with Gasteiger partial charge >= 0.3 is 6.03 Å². The Bertz CT molecular complexity index is 518. The number of benzene rings is 1. The summed E-state index contributed by atoms with van der Waals surface area (Å²) in [4.78, 5) is 11.7. The largest absolute Gasteiger partial charge is 0.486 e. The summed E-state index contributed by atoms with van der Waals surface area (Å²) < 4.78 is 11.0. The molecule has 1 saturated heterocycles. The molecule has 1 aromatic carbocycles. The summed E-state index contributed by atoms with van der Waals surface area (Å²) in [6.07, 6.45) is 1.78. The van der Waals surface area contributed by atoms with Crippen molar-refractivity contribution < 1.29 is 14.3 Å². The van der Waals surface area contributed by atoms with Crippen molar-refractivity contribution >= 4 is 6.03 Å². The minimum Gasteiger partial charge on any atom is -0.486 e. The van der Waals surface area contributed by atoms with Crippen LogP contribution >= 0.6 is 0 Å². The summed E-state index contributed by atoms with van der Waals surface area (Å²) in [7, 11) is 0. The van der Waals surface area contributed by atoms with Crippen LogP contribution in [0.25, 0.3) is 0 Å². The number of urea groups is 1. The SMILES string of the molecule is O=C(NCCc1ccc2c(c1)OCCO2)NCC1CCNN1. The van der Waals surface area contributed by atoms with E-state index in [9.17, 15) is 4.79 Å². The third kappa shape index (κ3) is 4.02. The Morgan fingerprint density at radius 2 is 2.09 bits per heavy atom. The van der Waals surface area contributed by atoms with E-state index < -0.39 is 0 Å². The number of hydrogen-bond donors (Lipinski definition) is 4. The van der Waals surface area contributed by atoms with Crippen molar-refractivity contribution in [3.63, 3.8) is 0 Å². The molecule has 1 fully saturated rings. The number of carbonyl (C=O) groups is 1. The predicted octanol–water partition coefficient (Wildman–Crippen LogP) is 0.166. The maximum atomic E-state index is 11.7. The van der Waals surface area contributed by atoms with Gasteiger partial charge < -0.3 is 20.1 Å². The third-order valence-electron chi connectivity index (χ3n) is 3.74. The quantitative estimate of drug-likeness (QED) is 0.623. The molecule has 0 aliphatic carbocycles. The molecular formula is C15H22N4O3. The van der Waals surface area contributed by atoms with E-state index in [1.807, 2.05) is 18.2 Å². The lowest BCUT2D eigenvalue weighted by atomic mass is 10.1. The Morgan fingerprint density at radius 1 is 1.23 bits per heavy atom. The van der Waals surface area contributed by atoms with Gasteiger partial charge in [-0.1, -0.05) is 6.07 Å². The third-order valence-corrected chi connectivity index (χ3v) is 3.74. The Morgan fingerprint density at radius 3 is 2.91 bits per heavy atom. The first kappa shape index (κ1) is 14.9. The fourth-order valence-electron chi connectivity index (χ4n) is 2.53. The molecule has 0 aromatic heterocycles. The van der Waals surface area contributed by atoms with Gasteiger partial charge in [0, 0.05) is 25.7 Å². The van der Waals surface area contributed by atoms with Crippen LogP contribution in [0.2, 0.25) is 0 Å². The van der Waals surface area contributed by atoms with Crippen LogP contribution in [-0.4, -0.2) is 44.9 Å². The number of fused-ring (bicyclic) bond motifs is 1. The Balaban J connectivity index is 1.38.